The van der Waals surface area contributed by atoms with Gasteiger partial charge in [-0.25, -0.2) is 0 Å². The molecular formula is C16H21NO. The fourth-order valence-corrected chi connectivity index (χ4v) is 3.00. The summed E-state index contributed by atoms with van der Waals surface area (Å²) >= 11 is 0. The lowest BCUT2D eigenvalue weighted by Crippen LogP contribution is -2.22. The molecule has 0 bridgehead atoms. The van der Waals surface area contributed by atoms with Crippen molar-refractivity contribution in [3.05, 3.63) is 34.9 Å². The lowest BCUT2D eigenvalue weighted by molar-refractivity contribution is 0.365. The third kappa shape index (κ3) is 2.44. The minimum atomic E-state index is 0.965. The van der Waals surface area contributed by atoms with E-state index in [9.17, 15) is 0 Å². The van der Waals surface area contributed by atoms with Crippen molar-refractivity contribution in [3.8, 4) is 5.75 Å². The molecule has 0 radical (unpaired) electrons. The lowest BCUT2D eigenvalue weighted by atomic mass is 9.92. The maximum atomic E-state index is 5.31. The molecule has 1 aliphatic carbocycles. The molecule has 0 saturated carbocycles. The third-order valence-corrected chi connectivity index (χ3v) is 4.05. The number of benzene rings is 1. The van der Waals surface area contributed by atoms with Crippen molar-refractivity contribution >= 4 is 6.08 Å². The number of rotatable bonds is 3. The second-order valence-electron chi connectivity index (χ2n) is 5.35. The van der Waals surface area contributed by atoms with Gasteiger partial charge in [0.2, 0.25) is 0 Å². The van der Waals surface area contributed by atoms with Crippen LogP contribution in [-0.2, 0) is 6.42 Å². The maximum Gasteiger partial charge on any atom is 0.119 e. The molecule has 1 aromatic carbocycles. The quantitative estimate of drug-likeness (QED) is 0.808. The normalized spacial score (nSPS) is 19.5. The molecule has 0 N–H and O–H groups in total. The Morgan fingerprint density at radius 3 is 2.78 bits per heavy atom. The molecule has 1 fully saturated rings. The van der Waals surface area contributed by atoms with Gasteiger partial charge in [-0.2, -0.15) is 0 Å². The number of fused-ring (bicyclic) bond motifs is 1. The molecule has 18 heavy (non-hydrogen) atoms. The third-order valence-electron chi connectivity index (χ3n) is 4.05. The Labute approximate surface area is 109 Å². The Bertz CT molecular complexity index is 458. The van der Waals surface area contributed by atoms with E-state index in [1.54, 1.807) is 12.7 Å². The summed E-state index contributed by atoms with van der Waals surface area (Å²) in [7, 11) is 1.74. The number of methoxy groups -OCH3 is 1. The van der Waals surface area contributed by atoms with Gasteiger partial charge in [-0.1, -0.05) is 17.7 Å². The summed E-state index contributed by atoms with van der Waals surface area (Å²) in [6, 6.07) is 6.44. The first-order valence-corrected chi connectivity index (χ1v) is 6.94. The number of likely N-dealkylation sites (tertiary alicyclic amines) is 1. The predicted molar refractivity (Wildman–Crippen MR) is 75.0 cm³/mol. The minimum absolute atomic E-state index is 0.965. The van der Waals surface area contributed by atoms with E-state index in [0.717, 1.165) is 12.3 Å². The summed E-state index contributed by atoms with van der Waals surface area (Å²) in [5.74, 6) is 0.965. The van der Waals surface area contributed by atoms with Gasteiger partial charge in [0, 0.05) is 6.54 Å². The van der Waals surface area contributed by atoms with E-state index in [2.05, 4.69) is 29.2 Å². The van der Waals surface area contributed by atoms with Gasteiger partial charge in [0.1, 0.15) is 5.75 Å². The Hall–Kier alpha value is -1.28. The second-order valence-corrected chi connectivity index (χ2v) is 5.35. The van der Waals surface area contributed by atoms with Crippen LogP contribution in [0.5, 0.6) is 5.75 Å². The smallest absolute Gasteiger partial charge is 0.119 e. The van der Waals surface area contributed by atoms with Crippen molar-refractivity contribution in [2.24, 2.45) is 0 Å². The number of ether oxygens (including phenoxy) is 1. The van der Waals surface area contributed by atoms with Gasteiger partial charge in [-0.15, -0.1) is 0 Å². The van der Waals surface area contributed by atoms with Crippen molar-refractivity contribution in [2.45, 2.75) is 25.7 Å². The fraction of sp³-hybridized carbons (Fsp3) is 0.500. The largest absolute Gasteiger partial charge is 0.497 e. The van der Waals surface area contributed by atoms with Crippen LogP contribution in [-0.4, -0.2) is 31.6 Å². The molecule has 0 aromatic heterocycles. The summed E-state index contributed by atoms with van der Waals surface area (Å²) in [5, 5.41) is 0. The zero-order chi connectivity index (χ0) is 12.4. The Morgan fingerprint density at radius 1 is 1.17 bits per heavy atom. The number of hydrogen-bond donors (Lipinski definition) is 0. The van der Waals surface area contributed by atoms with Crippen LogP contribution in [0.3, 0.4) is 0 Å². The van der Waals surface area contributed by atoms with Crippen molar-refractivity contribution in [3.63, 3.8) is 0 Å². The van der Waals surface area contributed by atoms with Crippen LogP contribution in [0.4, 0.5) is 0 Å². The molecule has 0 unspecified atom stereocenters. The Morgan fingerprint density at radius 2 is 2.00 bits per heavy atom. The van der Waals surface area contributed by atoms with Gasteiger partial charge in [0.15, 0.2) is 0 Å². The van der Waals surface area contributed by atoms with Gasteiger partial charge in [0.05, 0.1) is 7.11 Å². The van der Waals surface area contributed by atoms with Gasteiger partial charge in [-0.3, -0.25) is 4.90 Å². The summed E-state index contributed by atoms with van der Waals surface area (Å²) in [4.78, 5) is 2.58. The van der Waals surface area contributed by atoms with E-state index in [1.165, 1.54) is 49.9 Å². The molecule has 3 rings (SSSR count). The first-order valence-electron chi connectivity index (χ1n) is 6.94. The van der Waals surface area contributed by atoms with Crippen LogP contribution >= 0.6 is 0 Å². The molecule has 1 aromatic rings. The highest BCUT2D eigenvalue weighted by Crippen LogP contribution is 2.28. The Balaban J connectivity index is 1.78. The SMILES string of the molecule is COc1ccc2c(c1)C=C(CN1CCCC1)CC2. The molecule has 2 nitrogen and oxygen atoms in total. The highest BCUT2D eigenvalue weighted by atomic mass is 16.5. The van der Waals surface area contributed by atoms with E-state index in [-0.39, 0.29) is 0 Å². The predicted octanol–water partition coefficient (Wildman–Crippen LogP) is 3.12. The van der Waals surface area contributed by atoms with Gasteiger partial charge < -0.3 is 4.74 Å². The van der Waals surface area contributed by atoms with Crippen LogP contribution in [0.15, 0.2) is 23.8 Å². The summed E-state index contributed by atoms with van der Waals surface area (Å²) in [5.41, 5.74) is 4.40. The van der Waals surface area contributed by atoms with E-state index >= 15 is 0 Å². The minimum Gasteiger partial charge on any atom is -0.497 e. The number of aryl methyl sites for hydroxylation is 1. The van der Waals surface area contributed by atoms with Crippen molar-refractivity contribution < 1.29 is 4.74 Å². The summed E-state index contributed by atoms with van der Waals surface area (Å²) < 4.78 is 5.31. The molecular weight excluding hydrogens is 222 g/mol. The fourth-order valence-electron chi connectivity index (χ4n) is 3.00. The molecule has 2 aliphatic rings. The van der Waals surface area contributed by atoms with Gasteiger partial charge in [-0.05, 0) is 62.0 Å². The monoisotopic (exact) mass is 243 g/mol. The average molecular weight is 243 g/mol. The topological polar surface area (TPSA) is 12.5 Å². The molecule has 1 heterocycles. The molecule has 0 atom stereocenters. The molecule has 0 spiro atoms. The highest BCUT2D eigenvalue weighted by Gasteiger charge is 2.16. The van der Waals surface area contributed by atoms with Crippen LogP contribution in [0.1, 0.15) is 30.4 Å². The molecule has 1 saturated heterocycles. The molecule has 1 aliphatic heterocycles. The van der Waals surface area contributed by atoms with Gasteiger partial charge in [0.25, 0.3) is 0 Å². The standard InChI is InChI=1S/C16H21NO/c1-18-16-7-6-14-5-4-13(10-15(14)11-16)12-17-8-2-3-9-17/h6-7,10-11H,2-5,8-9,12H2,1H3. The van der Waals surface area contributed by atoms with Crippen molar-refractivity contribution in [1.82, 2.24) is 4.90 Å². The zero-order valence-corrected chi connectivity index (χ0v) is 11.1. The molecule has 2 heteroatoms. The van der Waals surface area contributed by atoms with E-state index in [0.29, 0.717) is 0 Å². The van der Waals surface area contributed by atoms with E-state index in [4.69, 9.17) is 4.74 Å². The number of nitrogens with zero attached hydrogens (tertiary/aromatic N) is 1. The maximum absolute atomic E-state index is 5.31. The lowest BCUT2D eigenvalue weighted by Gasteiger charge is -2.21. The van der Waals surface area contributed by atoms with Crippen LogP contribution in [0, 0.1) is 0 Å². The zero-order valence-electron chi connectivity index (χ0n) is 11.1. The first-order chi connectivity index (χ1) is 8.85. The number of hydrogen-bond acceptors (Lipinski definition) is 2. The van der Waals surface area contributed by atoms with E-state index < -0.39 is 0 Å². The van der Waals surface area contributed by atoms with Gasteiger partial charge >= 0.3 is 0 Å². The highest BCUT2D eigenvalue weighted by molar-refractivity contribution is 5.61. The van der Waals surface area contributed by atoms with Crippen molar-refractivity contribution in [1.29, 1.82) is 0 Å². The second kappa shape index (κ2) is 5.15. The summed E-state index contributed by atoms with van der Waals surface area (Å²) in [6.45, 7) is 3.72. The average Bonchev–Trinajstić information content (AvgIpc) is 2.90. The Kier molecular flexibility index (Phi) is 3.37. The first kappa shape index (κ1) is 11.8. The van der Waals surface area contributed by atoms with Crippen LogP contribution < -0.4 is 4.74 Å². The van der Waals surface area contributed by atoms with Crippen LogP contribution in [0.2, 0.25) is 0 Å². The summed E-state index contributed by atoms with van der Waals surface area (Å²) in [6.07, 6.45) is 7.52. The van der Waals surface area contributed by atoms with Crippen LogP contribution in [0.25, 0.3) is 6.08 Å². The van der Waals surface area contributed by atoms with Crippen molar-refractivity contribution in [2.75, 3.05) is 26.7 Å². The molecule has 96 valence electrons. The molecule has 0 amide bonds. The van der Waals surface area contributed by atoms with E-state index in [1.807, 2.05) is 0 Å².